The highest BCUT2D eigenvalue weighted by Crippen LogP contribution is 2.29. The van der Waals surface area contributed by atoms with Crippen molar-refractivity contribution in [3.05, 3.63) is 47.8 Å². The molecule has 120 valence electrons. The van der Waals surface area contributed by atoms with Gasteiger partial charge in [-0.05, 0) is 18.2 Å². The lowest BCUT2D eigenvalue weighted by atomic mass is 9.90. The van der Waals surface area contributed by atoms with Crippen LogP contribution < -0.4 is 11.1 Å². The first-order chi connectivity index (χ1) is 10.8. The van der Waals surface area contributed by atoms with E-state index in [1.54, 1.807) is 30.5 Å². The van der Waals surface area contributed by atoms with Crippen molar-refractivity contribution >= 4 is 22.4 Å². The number of aromatic amines is 1. The molecule has 2 heterocycles. The number of hydrogen-bond donors (Lipinski definition) is 4. The molecule has 2 aromatic heterocycles. The van der Waals surface area contributed by atoms with E-state index >= 15 is 0 Å². The lowest BCUT2D eigenvalue weighted by Gasteiger charge is -2.17. The fraction of sp³-hybridized carbons (Fsp3) is 0.294. The largest absolute Gasteiger partial charge is 0.399 e. The number of aliphatic hydroxyl groups excluding tert-OH is 1. The average molecular weight is 311 g/mol. The molecule has 0 saturated heterocycles. The summed E-state index contributed by atoms with van der Waals surface area (Å²) in [6.07, 6.45) is 0.829. The minimum absolute atomic E-state index is 0.0649. The fourth-order valence-electron chi connectivity index (χ4n) is 2.47. The minimum Gasteiger partial charge on any atom is -0.399 e. The second-order valence-corrected chi connectivity index (χ2v) is 6.66. The molecule has 1 aromatic carbocycles. The molecule has 0 saturated carbocycles. The van der Waals surface area contributed by atoms with Crippen molar-refractivity contribution in [2.45, 2.75) is 32.4 Å². The molecule has 6 nitrogen and oxygen atoms in total. The van der Waals surface area contributed by atoms with Crippen LogP contribution in [0.5, 0.6) is 0 Å². The molecule has 0 fully saturated rings. The number of pyridine rings is 1. The third-order valence-corrected chi connectivity index (χ3v) is 3.72. The predicted octanol–water partition coefficient (Wildman–Crippen LogP) is 2.94. The molecule has 1 atom stereocenters. The molecular weight excluding hydrogens is 290 g/mol. The van der Waals surface area contributed by atoms with E-state index in [0.717, 1.165) is 22.3 Å². The van der Waals surface area contributed by atoms with Crippen LogP contribution in [0.2, 0.25) is 0 Å². The maximum Gasteiger partial charge on any atom is 0.181 e. The number of fused-ring (bicyclic) bond motifs is 1. The van der Waals surface area contributed by atoms with E-state index in [0.29, 0.717) is 11.3 Å². The van der Waals surface area contributed by atoms with Crippen LogP contribution in [-0.2, 0) is 5.41 Å². The number of nitrogens with two attached hydrogens (primary N) is 1. The number of benzene rings is 1. The Morgan fingerprint density at radius 1 is 1.22 bits per heavy atom. The standard InChI is InChI=1S/C17H21N5O/c1-17(2,3)14-13-8-12(9-19-15(13)22-21-14)20-16(23)10-4-6-11(18)7-5-10/h4-9,16,20,23H,18H2,1-3H3,(H,19,21,22). The Labute approximate surface area is 134 Å². The average Bonchev–Trinajstić information content (AvgIpc) is 2.91. The highest BCUT2D eigenvalue weighted by Gasteiger charge is 2.20. The molecule has 0 radical (unpaired) electrons. The summed E-state index contributed by atoms with van der Waals surface area (Å²) < 4.78 is 0. The fourth-order valence-corrected chi connectivity index (χ4v) is 2.47. The Morgan fingerprint density at radius 3 is 2.57 bits per heavy atom. The Morgan fingerprint density at radius 2 is 1.91 bits per heavy atom. The van der Waals surface area contributed by atoms with Crippen molar-refractivity contribution in [2.24, 2.45) is 0 Å². The maximum absolute atomic E-state index is 10.3. The molecule has 0 bridgehead atoms. The normalized spacial score (nSPS) is 13.2. The van der Waals surface area contributed by atoms with Crippen molar-refractivity contribution in [1.82, 2.24) is 15.2 Å². The Balaban J connectivity index is 1.89. The molecule has 1 unspecified atom stereocenters. The van der Waals surface area contributed by atoms with E-state index in [-0.39, 0.29) is 5.41 Å². The number of anilines is 2. The van der Waals surface area contributed by atoms with Gasteiger partial charge in [0.05, 0.1) is 17.6 Å². The maximum atomic E-state index is 10.3. The number of aliphatic hydroxyl groups is 1. The zero-order chi connectivity index (χ0) is 16.6. The van der Waals surface area contributed by atoms with Gasteiger partial charge in [-0.3, -0.25) is 5.10 Å². The van der Waals surface area contributed by atoms with E-state index in [1.807, 2.05) is 6.07 Å². The van der Waals surface area contributed by atoms with Gasteiger partial charge in [0.1, 0.15) is 0 Å². The summed E-state index contributed by atoms with van der Waals surface area (Å²) in [7, 11) is 0. The quantitative estimate of drug-likeness (QED) is 0.440. The summed E-state index contributed by atoms with van der Waals surface area (Å²) in [5.41, 5.74) is 9.42. The molecule has 3 aromatic rings. The highest BCUT2D eigenvalue weighted by atomic mass is 16.3. The van der Waals surface area contributed by atoms with Gasteiger partial charge in [-0.15, -0.1) is 0 Å². The minimum atomic E-state index is -0.833. The van der Waals surface area contributed by atoms with Gasteiger partial charge in [0, 0.05) is 22.1 Å². The van der Waals surface area contributed by atoms with Crippen molar-refractivity contribution in [1.29, 1.82) is 0 Å². The van der Waals surface area contributed by atoms with Gasteiger partial charge in [0.15, 0.2) is 11.9 Å². The van der Waals surface area contributed by atoms with Gasteiger partial charge in [-0.25, -0.2) is 4.98 Å². The first-order valence-corrected chi connectivity index (χ1v) is 7.49. The number of nitrogens with one attached hydrogen (secondary N) is 2. The molecule has 0 spiro atoms. The van der Waals surface area contributed by atoms with E-state index in [2.05, 4.69) is 41.3 Å². The highest BCUT2D eigenvalue weighted by molar-refractivity contribution is 5.82. The second-order valence-electron chi connectivity index (χ2n) is 6.66. The molecule has 5 N–H and O–H groups in total. The van der Waals surface area contributed by atoms with Crippen molar-refractivity contribution in [3.63, 3.8) is 0 Å². The van der Waals surface area contributed by atoms with Crippen molar-refractivity contribution in [3.8, 4) is 0 Å². The summed E-state index contributed by atoms with van der Waals surface area (Å²) in [5.74, 6) is 0. The number of aromatic nitrogens is 3. The zero-order valence-electron chi connectivity index (χ0n) is 13.5. The van der Waals surface area contributed by atoms with Crippen LogP contribution in [0, 0.1) is 0 Å². The van der Waals surface area contributed by atoms with E-state index in [9.17, 15) is 5.11 Å². The van der Waals surface area contributed by atoms with Crippen LogP contribution >= 0.6 is 0 Å². The van der Waals surface area contributed by atoms with Gasteiger partial charge in [0.25, 0.3) is 0 Å². The topological polar surface area (TPSA) is 99.8 Å². The van der Waals surface area contributed by atoms with Gasteiger partial charge in [-0.1, -0.05) is 32.9 Å². The smallest absolute Gasteiger partial charge is 0.181 e. The van der Waals surface area contributed by atoms with Crippen LogP contribution in [0.3, 0.4) is 0 Å². The second kappa shape index (κ2) is 5.55. The SMILES string of the molecule is CC(C)(C)c1[nH]nc2ncc(NC(O)c3ccc(N)cc3)cc12. The van der Waals surface area contributed by atoms with Crippen LogP contribution in [0.1, 0.15) is 38.3 Å². The molecule has 0 aliphatic heterocycles. The van der Waals surface area contributed by atoms with Crippen molar-refractivity contribution in [2.75, 3.05) is 11.1 Å². The Kier molecular flexibility index (Phi) is 3.69. The van der Waals surface area contributed by atoms with Gasteiger partial charge >= 0.3 is 0 Å². The molecular formula is C17H21N5O. The Bertz CT molecular complexity index is 817. The molecule has 0 aliphatic rings. The first-order valence-electron chi connectivity index (χ1n) is 7.49. The molecule has 3 rings (SSSR count). The monoisotopic (exact) mass is 311 g/mol. The number of nitrogens with zero attached hydrogens (tertiary/aromatic N) is 2. The summed E-state index contributed by atoms with van der Waals surface area (Å²) in [4.78, 5) is 4.34. The summed E-state index contributed by atoms with van der Waals surface area (Å²) >= 11 is 0. The molecule has 0 aliphatic carbocycles. The Hall–Kier alpha value is -2.60. The third-order valence-electron chi connectivity index (χ3n) is 3.72. The molecule has 6 heteroatoms. The predicted molar refractivity (Wildman–Crippen MR) is 92.0 cm³/mol. The molecule has 23 heavy (non-hydrogen) atoms. The van der Waals surface area contributed by atoms with Gasteiger partial charge in [0.2, 0.25) is 0 Å². The first kappa shape index (κ1) is 15.3. The van der Waals surface area contributed by atoms with E-state index in [4.69, 9.17) is 5.73 Å². The van der Waals surface area contributed by atoms with Crippen LogP contribution in [0.15, 0.2) is 36.5 Å². The lowest BCUT2D eigenvalue weighted by molar-refractivity contribution is 0.208. The van der Waals surface area contributed by atoms with Crippen molar-refractivity contribution < 1.29 is 5.11 Å². The molecule has 0 amide bonds. The zero-order valence-corrected chi connectivity index (χ0v) is 13.5. The van der Waals surface area contributed by atoms with Crippen LogP contribution in [0.25, 0.3) is 11.0 Å². The van der Waals surface area contributed by atoms with Gasteiger partial charge < -0.3 is 16.2 Å². The number of nitrogen functional groups attached to an aromatic ring is 1. The van der Waals surface area contributed by atoms with Crippen LogP contribution in [0.4, 0.5) is 11.4 Å². The van der Waals surface area contributed by atoms with E-state index < -0.39 is 6.23 Å². The number of rotatable bonds is 3. The van der Waals surface area contributed by atoms with Gasteiger partial charge in [-0.2, -0.15) is 5.10 Å². The summed E-state index contributed by atoms with van der Waals surface area (Å²) in [6.45, 7) is 6.34. The van der Waals surface area contributed by atoms with E-state index in [1.165, 1.54) is 0 Å². The van der Waals surface area contributed by atoms with Crippen LogP contribution in [-0.4, -0.2) is 20.3 Å². The summed E-state index contributed by atoms with van der Waals surface area (Å²) in [5, 5.41) is 21.6. The number of H-pyrrole nitrogens is 1. The lowest BCUT2D eigenvalue weighted by Crippen LogP contribution is -2.12. The number of hydrogen-bond acceptors (Lipinski definition) is 5. The third kappa shape index (κ3) is 3.12. The summed E-state index contributed by atoms with van der Waals surface area (Å²) in [6, 6.07) is 9.05.